The fourth-order valence-electron chi connectivity index (χ4n) is 3.81. The van der Waals surface area contributed by atoms with Crippen LogP contribution in [0.2, 0.25) is 0 Å². The molecule has 4 aromatic rings. The van der Waals surface area contributed by atoms with Crippen molar-refractivity contribution in [2.45, 2.75) is 25.2 Å². The number of fused-ring (bicyclic) bond motifs is 1. The Morgan fingerprint density at radius 1 is 1.14 bits per heavy atom. The average Bonchev–Trinajstić information content (AvgIpc) is 3.48. The molecule has 144 valence electrons. The average molecular weight is 386 g/mol. The Hall–Kier alpha value is -3.54. The first kappa shape index (κ1) is 17.6. The number of nitrogens with one attached hydrogen (secondary N) is 1. The van der Waals surface area contributed by atoms with E-state index in [0.717, 1.165) is 35.4 Å². The van der Waals surface area contributed by atoms with Crippen molar-refractivity contribution in [2.24, 2.45) is 0 Å². The van der Waals surface area contributed by atoms with Crippen molar-refractivity contribution in [3.05, 3.63) is 84.1 Å². The highest BCUT2D eigenvalue weighted by Gasteiger charge is 2.51. The first-order valence-corrected chi connectivity index (χ1v) is 9.54. The summed E-state index contributed by atoms with van der Waals surface area (Å²) in [6.07, 6.45) is 5.18. The van der Waals surface area contributed by atoms with Crippen molar-refractivity contribution in [3.63, 3.8) is 0 Å². The molecule has 6 heteroatoms. The van der Waals surface area contributed by atoms with Crippen molar-refractivity contribution in [3.8, 4) is 11.3 Å². The summed E-state index contributed by atoms with van der Waals surface area (Å²) in [6, 6.07) is 15.7. The van der Waals surface area contributed by atoms with E-state index in [-0.39, 0.29) is 11.7 Å². The molecule has 5 nitrogen and oxygen atoms in total. The Bertz CT molecular complexity index is 1230. The number of aryl methyl sites for hydroxylation is 1. The van der Waals surface area contributed by atoms with Crippen LogP contribution in [-0.4, -0.2) is 20.3 Å². The van der Waals surface area contributed by atoms with Crippen molar-refractivity contribution in [1.82, 2.24) is 14.4 Å². The zero-order chi connectivity index (χ0) is 20.0. The molecule has 1 saturated carbocycles. The summed E-state index contributed by atoms with van der Waals surface area (Å²) in [5.74, 6) is 0.285. The van der Waals surface area contributed by atoms with Gasteiger partial charge in [-0.3, -0.25) is 9.20 Å². The number of carbonyl (C=O) groups excluding carboxylic acids is 1. The Morgan fingerprint density at radius 3 is 2.66 bits per heavy atom. The minimum absolute atomic E-state index is 0.0605. The van der Waals surface area contributed by atoms with Gasteiger partial charge in [0.1, 0.15) is 5.82 Å². The number of imidazole rings is 1. The van der Waals surface area contributed by atoms with E-state index < -0.39 is 5.41 Å². The molecule has 0 saturated heterocycles. The number of hydrogen-bond acceptors (Lipinski definition) is 3. The normalized spacial score (nSPS) is 14.7. The van der Waals surface area contributed by atoms with Crippen molar-refractivity contribution < 1.29 is 9.18 Å². The highest BCUT2D eigenvalue weighted by atomic mass is 19.1. The molecule has 2 aromatic heterocycles. The first-order valence-electron chi connectivity index (χ1n) is 9.54. The Kier molecular flexibility index (Phi) is 3.94. The smallest absolute Gasteiger partial charge is 0.235 e. The Labute approximate surface area is 167 Å². The van der Waals surface area contributed by atoms with Gasteiger partial charge in [-0.05, 0) is 55.7 Å². The van der Waals surface area contributed by atoms with Crippen LogP contribution in [0.1, 0.15) is 24.1 Å². The Balaban J connectivity index is 1.43. The number of hydrogen-bond donors (Lipinski definition) is 1. The van der Waals surface area contributed by atoms with Gasteiger partial charge in [0.05, 0.1) is 11.1 Å². The van der Waals surface area contributed by atoms with Crippen LogP contribution >= 0.6 is 0 Å². The van der Waals surface area contributed by atoms with Gasteiger partial charge >= 0.3 is 0 Å². The maximum Gasteiger partial charge on any atom is 0.235 e. The van der Waals surface area contributed by atoms with Crippen LogP contribution in [0.25, 0.3) is 17.0 Å². The molecule has 1 amide bonds. The number of carbonyl (C=O) groups is 1. The standard InChI is InChI=1S/C23H19FN4O/c1-15-20(27-22-25-12-3-13-28(15)22)16-4-2-5-19(14-16)26-21(29)23(10-11-23)17-6-8-18(24)9-7-17/h2-9,12-14H,10-11H2,1H3,(H,26,29). The van der Waals surface area contributed by atoms with Crippen LogP contribution in [0.15, 0.2) is 67.0 Å². The summed E-state index contributed by atoms with van der Waals surface area (Å²) in [5.41, 5.74) is 3.74. The summed E-state index contributed by atoms with van der Waals surface area (Å²) >= 11 is 0. The van der Waals surface area contributed by atoms with Gasteiger partial charge in [-0.25, -0.2) is 14.4 Å². The molecule has 1 aliphatic carbocycles. The molecular weight excluding hydrogens is 367 g/mol. The van der Waals surface area contributed by atoms with E-state index in [9.17, 15) is 9.18 Å². The van der Waals surface area contributed by atoms with E-state index in [1.807, 2.05) is 47.9 Å². The second-order valence-electron chi connectivity index (χ2n) is 7.46. The highest BCUT2D eigenvalue weighted by molar-refractivity contribution is 6.01. The third-order valence-corrected chi connectivity index (χ3v) is 5.62. The molecule has 0 atom stereocenters. The Morgan fingerprint density at radius 2 is 1.93 bits per heavy atom. The summed E-state index contributed by atoms with van der Waals surface area (Å²) in [4.78, 5) is 21.9. The van der Waals surface area contributed by atoms with Gasteiger partial charge in [0, 0.05) is 29.3 Å². The SMILES string of the molecule is Cc1c(-c2cccc(NC(=O)C3(c4ccc(F)cc4)CC3)c2)nc2ncccn12. The molecule has 1 fully saturated rings. The maximum absolute atomic E-state index is 13.2. The topological polar surface area (TPSA) is 59.3 Å². The molecule has 0 unspecified atom stereocenters. The monoisotopic (exact) mass is 386 g/mol. The fourth-order valence-corrected chi connectivity index (χ4v) is 3.81. The summed E-state index contributed by atoms with van der Waals surface area (Å²) in [6.45, 7) is 2.00. The van der Waals surface area contributed by atoms with Gasteiger partial charge in [-0.2, -0.15) is 0 Å². The number of nitrogens with zero attached hydrogens (tertiary/aromatic N) is 3. The van der Waals surface area contributed by atoms with Crippen LogP contribution in [0.5, 0.6) is 0 Å². The largest absolute Gasteiger partial charge is 0.325 e. The summed E-state index contributed by atoms with van der Waals surface area (Å²) in [5, 5.41) is 3.04. The minimum Gasteiger partial charge on any atom is -0.325 e. The third-order valence-electron chi connectivity index (χ3n) is 5.62. The van der Waals surface area contributed by atoms with E-state index in [2.05, 4.69) is 15.3 Å². The molecule has 0 spiro atoms. The molecule has 1 aliphatic rings. The zero-order valence-corrected chi connectivity index (χ0v) is 15.9. The van der Waals surface area contributed by atoms with Crippen LogP contribution < -0.4 is 5.32 Å². The predicted molar refractivity (Wildman–Crippen MR) is 109 cm³/mol. The van der Waals surface area contributed by atoms with Crippen LogP contribution in [0.4, 0.5) is 10.1 Å². The molecule has 0 bridgehead atoms. The van der Waals surface area contributed by atoms with Gasteiger partial charge < -0.3 is 5.32 Å². The molecule has 2 heterocycles. The first-order chi connectivity index (χ1) is 14.1. The number of anilines is 1. The quantitative estimate of drug-likeness (QED) is 0.561. The fraction of sp³-hybridized carbons (Fsp3) is 0.174. The lowest BCUT2D eigenvalue weighted by molar-refractivity contribution is -0.118. The third kappa shape index (κ3) is 2.97. The van der Waals surface area contributed by atoms with Crippen molar-refractivity contribution in [2.75, 3.05) is 5.32 Å². The summed E-state index contributed by atoms with van der Waals surface area (Å²) in [7, 11) is 0. The molecule has 29 heavy (non-hydrogen) atoms. The molecule has 0 aliphatic heterocycles. The van der Waals surface area contributed by atoms with Crippen LogP contribution in [-0.2, 0) is 10.2 Å². The van der Waals surface area contributed by atoms with E-state index in [0.29, 0.717) is 11.5 Å². The lowest BCUT2D eigenvalue weighted by atomic mass is 9.95. The van der Waals surface area contributed by atoms with Crippen molar-refractivity contribution in [1.29, 1.82) is 0 Å². The molecule has 5 rings (SSSR count). The zero-order valence-electron chi connectivity index (χ0n) is 15.9. The molecule has 0 radical (unpaired) electrons. The lowest BCUT2D eigenvalue weighted by Gasteiger charge is -2.16. The van der Waals surface area contributed by atoms with Crippen LogP contribution in [0.3, 0.4) is 0 Å². The van der Waals surface area contributed by atoms with Gasteiger partial charge in [-0.15, -0.1) is 0 Å². The number of amides is 1. The number of benzene rings is 2. The highest BCUT2D eigenvalue weighted by Crippen LogP contribution is 2.49. The number of aromatic nitrogens is 3. The lowest BCUT2D eigenvalue weighted by Crippen LogP contribution is -2.27. The summed E-state index contributed by atoms with van der Waals surface area (Å²) < 4.78 is 15.2. The number of halogens is 1. The van der Waals surface area contributed by atoms with E-state index in [1.54, 1.807) is 18.3 Å². The van der Waals surface area contributed by atoms with E-state index in [4.69, 9.17) is 0 Å². The molecular formula is C23H19FN4O. The van der Waals surface area contributed by atoms with Crippen molar-refractivity contribution >= 4 is 17.4 Å². The van der Waals surface area contributed by atoms with E-state index >= 15 is 0 Å². The number of rotatable bonds is 4. The minimum atomic E-state index is -0.563. The molecule has 1 N–H and O–H groups in total. The second kappa shape index (κ2) is 6.51. The van der Waals surface area contributed by atoms with Gasteiger partial charge in [0.25, 0.3) is 0 Å². The van der Waals surface area contributed by atoms with Crippen LogP contribution in [0, 0.1) is 12.7 Å². The molecule has 2 aromatic carbocycles. The second-order valence-corrected chi connectivity index (χ2v) is 7.46. The van der Waals surface area contributed by atoms with E-state index in [1.165, 1.54) is 12.1 Å². The van der Waals surface area contributed by atoms with Gasteiger partial charge in [-0.1, -0.05) is 24.3 Å². The maximum atomic E-state index is 13.2. The van der Waals surface area contributed by atoms with Gasteiger partial charge in [0.2, 0.25) is 11.7 Å². The van der Waals surface area contributed by atoms with Gasteiger partial charge in [0.15, 0.2) is 0 Å². The predicted octanol–water partition coefficient (Wildman–Crippen LogP) is 4.51.